The van der Waals surface area contributed by atoms with E-state index in [9.17, 15) is 9.59 Å². The van der Waals surface area contributed by atoms with Crippen molar-refractivity contribution >= 4 is 12.0 Å². The number of carbonyl (C=O) groups excluding carboxylic acids is 2. The van der Waals surface area contributed by atoms with Crippen LogP contribution in [0, 0.1) is 0 Å². The maximum Gasteiger partial charge on any atom is 0.338 e. The van der Waals surface area contributed by atoms with Crippen LogP contribution in [0.1, 0.15) is 25.5 Å². The van der Waals surface area contributed by atoms with Gasteiger partial charge in [0.05, 0.1) is 18.2 Å². The molecule has 6 heteroatoms. The highest BCUT2D eigenvalue weighted by atomic mass is 16.5. The average molecular weight is 316 g/mol. The summed E-state index contributed by atoms with van der Waals surface area (Å²) in [6.07, 6.45) is 1.65. The number of hydrogen-bond donors (Lipinski definition) is 2. The standard InChI is InChI=1S/C17H20N2O4/c1-4-9-23-13-8-6-7-12(10-13)15-14(16(20)22-5-2)11(3)18-17(21)19-15/h4,6-8,10,15H,1,5,9H2,2-3H3,(H2,18,19,21)/t15-/m0/s1. The molecule has 0 aromatic heterocycles. The number of urea groups is 1. The molecule has 1 heterocycles. The zero-order chi connectivity index (χ0) is 16.8. The lowest BCUT2D eigenvalue weighted by atomic mass is 9.95. The Morgan fingerprint density at radius 1 is 1.43 bits per heavy atom. The van der Waals surface area contributed by atoms with E-state index in [1.54, 1.807) is 38.1 Å². The third kappa shape index (κ3) is 3.91. The average Bonchev–Trinajstić information content (AvgIpc) is 2.52. The second kappa shape index (κ2) is 7.49. The van der Waals surface area contributed by atoms with Crippen LogP contribution in [-0.2, 0) is 9.53 Å². The molecule has 1 aliphatic heterocycles. The van der Waals surface area contributed by atoms with Crippen molar-refractivity contribution in [3.63, 3.8) is 0 Å². The first-order valence-corrected chi connectivity index (χ1v) is 7.35. The van der Waals surface area contributed by atoms with E-state index >= 15 is 0 Å². The summed E-state index contributed by atoms with van der Waals surface area (Å²) in [5.41, 5.74) is 1.60. The third-order valence-electron chi connectivity index (χ3n) is 3.32. The van der Waals surface area contributed by atoms with Crippen LogP contribution in [-0.4, -0.2) is 25.2 Å². The Morgan fingerprint density at radius 3 is 2.91 bits per heavy atom. The molecule has 2 amide bonds. The number of amides is 2. The molecule has 23 heavy (non-hydrogen) atoms. The van der Waals surface area contributed by atoms with Gasteiger partial charge in [-0.15, -0.1) is 0 Å². The molecule has 0 spiro atoms. The van der Waals surface area contributed by atoms with Crippen molar-refractivity contribution in [1.82, 2.24) is 10.6 Å². The lowest BCUT2D eigenvalue weighted by Crippen LogP contribution is -2.45. The highest BCUT2D eigenvalue weighted by molar-refractivity contribution is 5.95. The van der Waals surface area contributed by atoms with E-state index in [0.717, 1.165) is 5.56 Å². The molecule has 0 unspecified atom stereocenters. The summed E-state index contributed by atoms with van der Waals surface area (Å²) in [5.74, 6) is 0.177. The van der Waals surface area contributed by atoms with Gasteiger partial charge in [0, 0.05) is 5.70 Å². The number of rotatable bonds is 6. The van der Waals surface area contributed by atoms with Gasteiger partial charge >= 0.3 is 12.0 Å². The largest absolute Gasteiger partial charge is 0.490 e. The molecule has 0 radical (unpaired) electrons. The van der Waals surface area contributed by atoms with Crippen LogP contribution in [0.2, 0.25) is 0 Å². The van der Waals surface area contributed by atoms with Crippen molar-refractivity contribution in [2.24, 2.45) is 0 Å². The van der Waals surface area contributed by atoms with Crippen molar-refractivity contribution in [3.8, 4) is 5.75 Å². The molecule has 2 rings (SSSR count). The van der Waals surface area contributed by atoms with Gasteiger partial charge in [0.25, 0.3) is 0 Å². The van der Waals surface area contributed by atoms with Gasteiger partial charge in [-0.2, -0.15) is 0 Å². The van der Waals surface area contributed by atoms with Crippen molar-refractivity contribution in [2.45, 2.75) is 19.9 Å². The van der Waals surface area contributed by atoms with Crippen LogP contribution in [0.5, 0.6) is 5.75 Å². The number of hydrogen-bond acceptors (Lipinski definition) is 4. The Balaban J connectivity index is 2.37. The zero-order valence-electron chi connectivity index (χ0n) is 13.2. The van der Waals surface area contributed by atoms with Crippen LogP contribution in [0.15, 0.2) is 48.2 Å². The highest BCUT2D eigenvalue weighted by Crippen LogP contribution is 2.29. The Hall–Kier alpha value is -2.76. The second-order valence-electron chi connectivity index (χ2n) is 4.96. The SMILES string of the molecule is C=CCOc1cccc([C@@H]2NC(=O)NC(C)=C2C(=O)OCC)c1. The molecule has 0 saturated carbocycles. The Labute approximate surface area is 135 Å². The number of ether oxygens (including phenoxy) is 2. The number of benzene rings is 1. The fourth-order valence-electron chi connectivity index (χ4n) is 2.36. The van der Waals surface area contributed by atoms with E-state index < -0.39 is 12.0 Å². The number of esters is 1. The van der Waals surface area contributed by atoms with Crippen LogP contribution in [0.3, 0.4) is 0 Å². The molecule has 6 nitrogen and oxygen atoms in total. The molecule has 1 atom stereocenters. The summed E-state index contributed by atoms with van der Waals surface area (Å²) < 4.78 is 10.6. The number of nitrogens with one attached hydrogen (secondary N) is 2. The lowest BCUT2D eigenvalue weighted by molar-refractivity contribution is -0.139. The van der Waals surface area contributed by atoms with E-state index in [1.807, 2.05) is 6.07 Å². The fourth-order valence-corrected chi connectivity index (χ4v) is 2.36. The quantitative estimate of drug-likeness (QED) is 0.624. The molecule has 2 N–H and O–H groups in total. The van der Waals surface area contributed by atoms with Gasteiger partial charge in [-0.05, 0) is 31.5 Å². The smallest absolute Gasteiger partial charge is 0.338 e. The molecule has 1 aliphatic rings. The molecule has 1 aromatic carbocycles. The monoisotopic (exact) mass is 316 g/mol. The Morgan fingerprint density at radius 2 is 2.22 bits per heavy atom. The van der Waals surface area contributed by atoms with Crippen molar-refractivity contribution in [1.29, 1.82) is 0 Å². The number of carbonyl (C=O) groups is 2. The predicted molar refractivity (Wildman–Crippen MR) is 85.9 cm³/mol. The maximum absolute atomic E-state index is 12.2. The van der Waals surface area contributed by atoms with E-state index in [1.165, 1.54) is 0 Å². The minimum atomic E-state index is -0.588. The summed E-state index contributed by atoms with van der Waals surface area (Å²) >= 11 is 0. The first-order chi connectivity index (χ1) is 11.1. The zero-order valence-corrected chi connectivity index (χ0v) is 13.2. The number of allylic oxidation sites excluding steroid dienone is 1. The molecule has 0 fully saturated rings. The Bertz CT molecular complexity index is 652. The molecular formula is C17H20N2O4. The van der Waals surface area contributed by atoms with E-state index in [2.05, 4.69) is 17.2 Å². The first-order valence-electron chi connectivity index (χ1n) is 7.35. The molecule has 0 aliphatic carbocycles. The highest BCUT2D eigenvalue weighted by Gasteiger charge is 2.32. The lowest BCUT2D eigenvalue weighted by Gasteiger charge is -2.28. The topological polar surface area (TPSA) is 76.7 Å². The van der Waals surface area contributed by atoms with Crippen molar-refractivity contribution in [2.75, 3.05) is 13.2 Å². The minimum absolute atomic E-state index is 0.263. The van der Waals surface area contributed by atoms with Gasteiger partial charge in [0.15, 0.2) is 0 Å². The fraction of sp³-hybridized carbons (Fsp3) is 0.294. The van der Waals surface area contributed by atoms with Crippen molar-refractivity contribution in [3.05, 3.63) is 53.8 Å². The van der Waals surface area contributed by atoms with Gasteiger partial charge in [-0.25, -0.2) is 9.59 Å². The molecule has 1 aromatic rings. The van der Waals surface area contributed by atoms with Gasteiger partial charge in [-0.3, -0.25) is 0 Å². The Kier molecular flexibility index (Phi) is 5.41. The van der Waals surface area contributed by atoms with Gasteiger partial charge in [0.2, 0.25) is 0 Å². The van der Waals surface area contributed by atoms with Crippen LogP contribution < -0.4 is 15.4 Å². The summed E-state index contributed by atoms with van der Waals surface area (Å²) in [7, 11) is 0. The van der Waals surface area contributed by atoms with E-state index in [4.69, 9.17) is 9.47 Å². The normalized spacial score (nSPS) is 17.1. The van der Waals surface area contributed by atoms with E-state index in [0.29, 0.717) is 23.6 Å². The van der Waals surface area contributed by atoms with Crippen LogP contribution in [0.4, 0.5) is 4.79 Å². The molecule has 0 bridgehead atoms. The summed E-state index contributed by atoms with van der Waals surface area (Å²) in [5, 5.41) is 5.35. The van der Waals surface area contributed by atoms with Crippen LogP contribution in [0.25, 0.3) is 0 Å². The van der Waals surface area contributed by atoms with Crippen LogP contribution >= 0.6 is 0 Å². The van der Waals surface area contributed by atoms with Gasteiger partial charge < -0.3 is 20.1 Å². The van der Waals surface area contributed by atoms with Gasteiger partial charge in [-0.1, -0.05) is 24.8 Å². The third-order valence-corrected chi connectivity index (χ3v) is 3.32. The molecular weight excluding hydrogens is 296 g/mol. The van der Waals surface area contributed by atoms with Crippen molar-refractivity contribution < 1.29 is 19.1 Å². The molecule has 122 valence electrons. The summed E-state index contributed by atoms with van der Waals surface area (Å²) in [4.78, 5) is 24.0. The first kappa shape index (κ1) is 16.6. The molecule has 0 saturated heterocycles. The summed E-state index contributed by atoms with van der Waals surface area (Å²) in [6.45, 7) is 7.66. The van der Waals surface area contributed by atoms with Gasteiger partial charge in [0.1, 0.15) is 12.4 Å². The predicted octanol–water partition coefficient (Wildman–Crippen LogP) is 2.44. The van der Waals surface area contributed by atoms with E-state index in [-0.39, 0.29) is 12.6 Å². The summed E-state index contributed by atoms with van der Waals surface area (Å²) in [6, 6.07) is 6.26. The minimum Gasteiger partial charge on any atom is -0.490 e. The maximum atomic E-state index is 12.2. The second-order valence-corrected chi connectivity index (χ2v) is 4.96.